The molecule has 2 N–H and O–H groups in total. The number of anilines is 1. The number of hydrogen-bond donors (Lipinski definition) is 1. The molecular weight excluding hydrogens is 216 g/mol. The molecule has 1 atom stereocenters. The second-order valence-corrected chi connectivity index (χ2v) is 4.26. The van der Waals surface area contributed by atoms with Crippen LogP contribution >= 0.6 is 0 Å². The first-order valence-electron chi connectivity index (χ1n) is 5.84. The number of nitrogens with zero attached hydrogens (tertiary/aromatic N) is 1. The maximum absolute atomic E-state index is 12.0. The van der Waals surface area contributed by atoms with E-state index < -0.39 is 11.9 Å². The van der Waals surface area contributed by atoms with Gasteiger partial charge in [-0.3, -0.25) is 14.5 Å². The fourth-order valence-corrected chi connectivity index (χ4v) is 2.26. The number of fused-ring (bicyclic) bond motifs is 1. The molecule has 4 nitrogen and oxygen atoms in total. The van der Waals surface area contributed by atoms with Gasteiger partial charge in [0, 0.05) is 18.5 Å². The molecule has 90 valence electrons. The van der Waals surface area contributed by atoms with E-state index in [1.54, 1.807) is 4.90 Å². The molecule has 0 aliphatic carbocycles. The third-order valence-corrected chi connectivity index (χ3v) is 3.04. The number of para-hydroxylation sites is 1. The Labute approximate surface area is 100 Å². The predicted octanol–water partition coefficient (Wildman–Crippen LogP) is 1.23. The quantitative estimate of drug-likeness (QED) is 0.852. The van der Waals surface area contributed by atoms with Gasteiger partial charge >= 0.3 is 0 Å². The molecule has 0 saturated carbocycles. The number of amides is 2. The van der Waals surface area contributed by atoms with Crippen LogP contribution in [0, 0.1) is 0 Å². The zero-order valence-electron chi connectivity index (χ0n) is 9.85. The molecule has 4 heteroatoms. The van der Waals surface area contributed by atoms with Crippen molar-refractivity contribution in [3.05, 3.63) is 29.8 Å². The summed E-state index contributed by atoms with van der Waals surface area (Å²) >= 11 is 0. The van der Waals surface area contributed by atoms with Crippen LogP contribution in [-0.2, 0) is 16.0 Å². The summed E-state index contributed by atoms with van der Waals surface area (Å²) in [6.45, 7) is 1.94. The first kappa shape index (κ1) is 11.6. The molecule has 2 rings (SSSR count). The van der Waals surface area contributed by atoms with Gasteiger partial charge in [0.15, 0.2) is 0 Å². The molecule has 0 unspecified atom stereocenters. The Morgan fingerprint density at radius 1 is 1.41 bits per heavy atom. The highest BCUT2D eigenvalue weighted by Crippen LogP contribution is 2.32. The minimum atomic E-state index is -0.522. The molecule has 2 amide bonds. The highest BCUT2D eigenvalue weighted by Gasteiger charge is 2.36. The van der Waals surface area contributed by atoms with Crippen molar-refractivity contribution in [2.24, 2.45) is 5.73 Å². The van der Waals surface area contributed by atoms with Crippen LogP contribution in [0.5, 0.6) is 0 Å². The number of carbonyl (C=O) groups excluding carboxylic acids is 2. The largest absolute Gasteiger partial charge is 0.368 e. The highest BCUT2D eigenvalue weighted by atomic mass is 16.2. The molecule has 0 bridgehead atoms. The van der Waals surface area contributed by atoms with E-state index in [0.29, 0.717) is 12.8 Å². The standard InChI is InChI=1S/C13H16N2O2/c1-2-5-12(16)15-10-7-4-3-6-9(10)8-11(15)13(14)17/h3-4,6-7,11H,2,5,8H2,1H3,(H2,14,17)/t11-/m0/s1. The van der Waals surface area contributed by atoms with Crippen molar-refractivity contribution in [3.8, 4) is 0 Å². The van der Waals surface area contributed by atoms with Crippen molar-refractivity contribution in [2.75, 3.05) is 4.90 Å². The summed E-state index contributed by atoms with van der Waals surface area (Å²) in [5.41, 5.74) is 7.21. The minimum absolute atomic E-state index is 0.0266. The maximum atomic E-state index is 12.0. The van der Waals surface area contributed by atoms with Crippen LogP contribution in [0.25, 0.3) is 0 Å². The van der Waals surface area contributed by atoms with E-state index in [9.17, 15) is 9.59 Å². The lowest BCUT2D eigenvalue weighted by atomic mass is 10.1. The Morgan fingerprint density at radius 3 is 2.76 bits per heavy atom. The number of primary amides is 1. The van der Waals surface area contributed by atoms with Crippen molar-refractivity contribution in [1.82, 2.24) is 0 Å². The second kappa shape index (κ2) is 4.57. The molecule has 1 aliphatic rings. The average molecular weight is 232 g/mol. The summed E-state index contributed by atoms with van der Waals surface area (Å²) in [7, 11) is 0. The number of carbonyl (C=O) groups is 2. The lowest BCUT2D eigenvalue weighted by Crippen LogP contribution is -2.46. The van der Waals surface area contributed by atoms with E-state index in [0.717, 1.165) is 17.7 Å². The highest BCUT2D eigenvalue weighted by molar-refractivity contribution is 6.03. The summed E-state index contributed by atoms with van der Waals surface area (Å²) in [4.78, 5) is 25.0. The zero-order valence-corrected chi connectivity index (χ0v) is 9.85. The molecule has 1 aromatic carbocycles. The Kier molecular flexibility index (Phi) is 3.13. The topological polar surface area (TPSA) is 63.4 Å². The smallest absolute Gasteiger partial charge is 0.240 e. The molecular formula is C13H16N2O2. The number of nitrogens with two attached hydrogens (primary N) is 1. The van der Waals surface area contributed by atoms with Crippen LogP contribution in [0.3, 0.4) is 0 Å². The molecule has 1 aliphatic heterocycles. The monoisotopic (exact) mass is 232 g/mol. The van der Waals surface area contributed by atoms with Gasteiger partial charge in [0.05, 0.1) is 0 Å². The Morgan fingerprint density at radius 2 is 2.12 bits per heavy atom. The number of benzene rings is 1. The molecule has 0 fully saturated rings. The zero-order chi connectivity index (χ0) is 12.4. The third kappa shape index (κ3) is 2.02. The van der Waals surface area contributed by atoms with Crippen LogP contribution in [0.4, 0.5) is 5.69 Å². The maximum Gasteiger partial charge on any atom is 0.240 e. The summed E-state index contributed by atoms with van der Waals surface area (Å²) in [5, 5.41) is 0. The fourth-order valence-electron chi connectivity index (χ4n) is 2.26. The van der Waals surface area contributed by atoms with Crippen molar-refractivity contribution >= 4 is 17.5 Å². The number of hydrogen-bond acceptors (Lipinski definition) is 2. The van der Waals surface area contributed by atoms with Crippen molar-refractivity contribution in [2.45, 2.75) is 32.2 Å². The predicted molar refractivity (Wildman–Crippen MR) is 65.5 cm³/mol. The SMILES string of the molecule is CCCC(=O)N1c2ccccc2C[C@H]1C(N)=O. The van der Waals surface area contributed by atoms with E-state index in [1.165, 1.54) is 0 Å². The van der Waals surface area contributed by atoms with Gasteiger partial charge in [-0.2, -0.15) is 0 Å². The Balaban J connectivity index is 2.37. The van der Waals surface area contributed by atoms with Crippen LogP contribution in [0.1, 0.15) is 25.3 Å². The summed E-state index contributed by atoms with van der Waals surface area (Å²) in [6.07, 6.45) is 1.74. The van der Waals surface area contributed by atoms with E-state index in [4.69, 9.17) is 5.73 Å². The fraction of sp³-hybridized carbons (Fsp3) is 0.385. The van der Waals surface area contributed by atoms with Gasteiger partial charge < -0.3 is 5.73 Å². The summed E-state index contributed by atoms with van der Waals surface area (Å²) in [6, 6.07) is 7.06. The molecule has 0 saturated heterocycles. The number of rotatable bonds is 3. The normalized spacial score (nSPS) is 17.9. The first-order chi connectivity index (χ1) is 8.15. The van der Waals surface area contributed by atoms with E-state index in [2.05, 4.69) is 0 Å². The van der Waals surface area contributed by atoms with Crippen LogP contribution in [0.15, 0.2) is 24.3 Å². The van der Waals surface area contributed by atoms with Crippen LogP contribution in [0.2, 0.25) is 0 Å². The van der Waals surface area contributed by atoms with Crippen molar-refractivity contribution in [3.63, 3.8) is 0 Å². The Bertz CT molecular complexity index is 456. The van der Waals surface area contributed by atoms with Crippen molar-refractivity contribution < 1.29 is 9.59 Å². The summed E-state index contributed by atoms with van der Waals surface area (Å²) < 4.78 is 0. The van der Waals surface area contributed by atoms with Gasteiger partial charge in [-0.1, -0.05) is 25.1 Å². The van der Waals surface area contributed by atoms with E-state index >= 15 is 0 Å². The van der Waals surface area contributed by atoms with Gasteiger partial charge in [-0.05, 0) is 18.1 Å². The Hall–Kier alpha value is -1.84. The minimum Gasteiger partial charge on any atom is -0.368 e. The second-order valence-electron chi connectivity index (χ2n) is 4.26. The molecule has 1 heterocycles. The van der Waals surface area contributed by atoms with Crippen LogP contribution in [-0.4, -0.2) is 17.9 Å². The lowest BCUT2D eigenvalue weighted by Gasteiger charge is -2.23. The molecule has 0 spiro atoms. The first-order valence-corrected chi connectivity index (χ1v) is 5.84. The van der Waals surface area contributed by atoms with Gasteiger partial charge in [0.25, 0.3) is 0 Å². The summed E-state index contributed by atoms with van der Waals surface area (Å²) in [5.74, 6) is -0.466. The van der Waals surface area contributed by atoms with Crippen LogP contribution < -0.4 is 10.6 Å². The molecule has 0 radical (unpaired) electrons. The van der Waals surface area contributed by atoms with Gasteiger partial charge in [-0.15, -0.1) is 0 Å². The van der Waals surface area contributed by atoms with E-state index in [1.807, 2.05) is 31.2 Å². The van der Waals surface area contributed by atoms with Gasteiger partial charge in [-0.25, -0.2) is 0 Å². The molecule has 1 aromatic rings. The average Bonchev–Trinajstić information content (AvgIpc) is 2.68. The van der Waals surface area contributed by atoms with Crippen molar-refractivity contribution in [1.29, 1.82) is 0 Å². The van der Waals surface area contributed by atoms with Gasteiger partial charge in [0.2, 0.25) is 11.8 Å². The third-order valence-electron chi connectivity index (χ3n) is 3.04. The van der Waals surface area contributed by atoms with E-state index in [-0.39, 0.29) is 5.91 Å². The molecule has 17 heavy (non-hydrogen) atoms. The molecule has 0 aromatic heterocycles. The lowest BCUT2D eigenvalue weighted by molar-refractivity contribution is -0.124. The van der Waals surface area contributed by atoms with Gasteiger partial charge in [0.1, 0.15) is 6.04 Å².